The molecule has 1 aromatic rings. The number of nitrogens with zero attached hydrogens (tertiary/aromatic N) is 1. The molecule has 0 aromatic carbocycles. The number of nitrogens with one attached hydrogen (secondary N) is 2. The maximum atomic E-state index is 12.3. The molecule has 4 unspecified atom stereocenters. The van der Waals surface area contributed by atoms with Crippen LogP contribution >= 0.6 is 0 Å². The quantitative estimate of drug-likeness (QED) is 0.863. The fourth-order valence-corrected chi connectivity index (χ4v) is 2.61. The molecule has 100 valence electrons. The molecule has 1 saturated heterocycles. The van der Waals surface area contributed by atoms with E-state index >= 15 is 0 Å². The van der Waals surface area contributed by atoms with Crippen LogP contribution < -0.4 is 5.32 Å². The topological polar surface area (TPSA) is 67.0 Å². The van der Waals surface area contributed by atoms with Crippen molar-refractivity contribution in [3.63, 3.8) is 0 Å². The molecule has 0 aliphatic carbocycles. The van der Waals surface area contributed by atoms with Gasteiger partial charge in [0.2, 0.25) is 5.91 Å². The molecule has 5 heteroatoms. The molecule has 1 aliphatic rings. The maximum Gasteiger partial charge on any atom is 0.231 e. The molecular formula is C13H21N3O2. The minimum absolute atomic E-state index is 0.0123. The molecule has 0 radical (unpaired) electrons. The molecule has 0 spiro atoms. The summed E-state index contributed by atoms with van der Waals surface area (Å²) in [5.74, 6) is 0.848. The molecule has 18 heavy (non-hydrogen) atoms. The van der Waals surface area contributed by atoms with Crippen LogP contribution in [-0.4, -0.2) is 28.3 Å². The van der Waals surface area contributed by atoms with Crippen molar-refractivity contribution in [2.24, 2.45) is 11.8 Å². The van der Waals surface area contributed by atoms with E-state index in [9.17, 15) is 4.79 Å². The van der Waals surface area contributed by atoms with Crippen molar-refractivity contribution in [2.75, 3.05) is 5.32 Å². The zero-order chi connectivity index (χ0) is 13.3. The van der Waals surface area contributed by atoms with Crippen molar-refractivity contribution in [3.05, 3.63) is 11.8 Å². The first-order valence-corrected chi connectivity index (χ1v) is 6.53. The highest BCUT2D eigenvalue weighted by atomic mass is 16.5. The molecule has 5 nitrogen and oxygen atoms in total. The molecule has 1 amide bonds. The standard InChI is InChI=1S/C13H21N3O2/c1-5-10-6-14-16-12(10)15-13(17)11-7(2)8(3)18-9(11)4/h6-9,11H,5H2,1-4H3,(H2,14,15,16,17). The third-order valence-corrected chi connectivity index (χ3v) is 3.89. The van der Waals surface area contributed by atoms with Crippen molar-refractivity contribution in [1.82, 2.24) is 10.2 Å². The number of hydrogen-bond acceptors (Lipinski definition) is 3. The minimum Gasteiger partial charge on any atom is -0.374 e. The number of aromatic amines is 1. The predicted molar refractivity (Wildman–Crippen MR) is 69.3 cm³/mol. The molecular weight excluding hydrogens is 230 g/mol. The van der Waals surface area contributed by atoms with E-state index in [-0.39, 0.29) is 30.0 Å². The predicted octanol–water partition coefficient (Wildman–Crippen LogP) is 1.97. The first kappa shape index (κ1) is 13.1. The highest BCUT2D eigenvalue weighted by Gasteiger charge is 2.41. The van der Waals surface area contributed by atoms with Crippen molar-refractivity contribution < 1.29 is 9.53 Å². The van der Waals surface area contributed by atoms with Crippen LogP contribution in [0.3, 0.4) is 0 Å². The van der Waals surface area contributed by atoms with Gasteiger partial charge in [0.1, 0.15) is 5.82 Å². The number of anilines is 1. The van der Waals surface area contributed by atoms with Crippen molar-refractivity contribution in [3.8, 4) is 0 Å². The Morgan fingerprint density at radius 3 is 2.72 bits per heavy atom. The molecule has 0 bridgehead atoms. The van der Waals surface area contributed by atoms with Gasteiger partial charge in [-0.2, -0.15) is 5.10 Å². The number of rotatable bonds is 3. The third kappa shape index (κ3) is 2.27. The highest BCUT2D eigenvalue weighted by Crippen LogP contribution is 2.33. The molecule has 2 rings (SSSR count). The second-order valence-corrected chi connectivity index (χ2v) is 5.04. The molecule has 2 heterocycles. The zero-order valence-corrected chi connectivity index (χ0v) is 11.4. The Morgan fingerprint density at radius 1 is 1.44 bits per heavy atom. The number of carbonyl (C=O) groups excluding carboxylic acids is 1. The average molecular weight is 251 g/mol. The van der Waals surface area contributed by atoms with Gasteiger partial charge in [-0.3, -0.25) is 9.89 Å². The Kier molecular flexibility index (Phi) is 3.71. The summed E-state index contributed by atoms with van der Waals surface area (Å²) >= 11 is 0. The molecule has 1 aromatic heterocycles. The van der Waals surface area contributed by atoms with Crippen LogP contribution in [0.4, 0.5) is 5.82 Å². The van der Waals surface area contributed by atoms with Crippen LogP contribution in [0.25, 0.3) is 0 Å². The van der Waals surface area contributed by atoms with E-state index in [1.54, 1.807) is 6.20 Å². The summed E-state index contributed by atoms with van der Waals surface area (Å²) in [5.41, 5.74) is 1.02. The number of amides is 1. The minimum atomic E-state index is -0.104. The van der Waals surface area contributed by atoms with Crippen molar-refractivity contribution in [1.29, 1.82) is 0 Å². The number of aromatic nitrogens is 2. The molecule has 2 N–H and O–H groups in total. The first-order chi connectivity index (χ1) is 8.54. The van der Waals surface area contributed by atoms with Crippen LogP contribution in [0, 0.1) is 11.8 Å². The van der Waals surface area contributed by atoms with Gasteiger partial charge in [-0.1, -0.05) is 13.8 Å². The van der Waals surface area contributed by atoms with Gasteiger partial charge in [0.05, 0.1) is 24.3 Å². The lowest BCUT2D eigenvalue weighted by Gasteiger charge is -2.17. The Hall–Kier alpha value is -1.36. The maximum absolute atomic E-state index is 12.3. The van der Waals surface area contributed by atoms with Gasteiger partial charge in [0.25, 0.3) is 0 Å². The van der Waals surface area contributed by atoms with Crippen LogP contribution in [0.1, 0.15) is 33.3 Å². The van der Waals surface area contributed by atoms with E-state index < -0.39 is 0 Å². The van der Waals surface area contributed by atoms with Crippen molar-refractivity contribution in [2.45, 2.75) is 46.3 Å². The van der Waals surface area contributed by atoms with Gasteiger partial charge in [-0.15, -0.1) is 0 Å². The van der Waals surface area contributed by atoms with Gasteiger partial charge in [0, 0.05) is 5.56 Å². The lowest BCUT2D eigenvalue weighted by Crippen LogP contribution is -2.32. The number of carbonyl (C=O) groups is 1. The molecule has 0 saturated carbocycles. The van der Waals surface area contributed by atoms with E-state index in [1.165, 1.54) is 0 Å². The molecule has 1 fully saturated rings. The second kappa shape index (κ2) is 5.10. The van der Waals surface area contributed by atoms with E-state index in [4.69, 9.17) is 4.74 Å². The molecule has 1 aliphatic heterocycles. The summed E-state index contributed by atoms with van der Waals surface area (Å²) in [5, 5.41) is 9.71. The summed E-state index contributed by atoms with van der Waals surface area (Å²) in [6.07, 6.45) is 2.68. The number of H-pyrrole nitrogens is 1. The lowest BCUT2D eigenvalue weighted by molar-refractivity contribution is -0.122. The van der Waals surface area contributed by atoms with Crippen LogP contribution in [-0.2, 0) is 16.0 Å². The Bertz CT molecular complexity index is 430. The van der Waals surface area contributed by atoms with Gasteiger partial charge < -0.3 is 10.1 Å². The van der Waals surface area contributed by atoms with Gasteiger partial charge in [-0.05, 0) is 26.2 Å². The SMILES string of the molecule is CCc1cn[nH]c1NC(=O)C1C(C)OC(C)C1C. The zero-order valence-electron chi connectivity index (χ0n) is 11.4. The Balaban J connectivity index is 2.08. The summed E-state index contributed by atoms with van der Waals surface area (Å²) in [6, 6.07) is 0. The largest absolute Gasteiger partial charge is 0.374 e. The van der Waals surface area contributed by atoms with E-state index in [2.05, 4.69) is 22.4 Å². The number of hydrogen-bond donors (Lipinski definition) is 2. The normalized spacial score (nSPS) is 31.6. The van der Waals surface area contributed by atoms with Crippen LogP contribution in [0.2, 0.25) is 0 Å². The number of aryl methyl sites for hydroxylation is 1. The van der Waals surface area contributed by atoms with Gasteiger partial charge in [0.15, 0.2) is 0 Å². The number of ether oxygens (including phenoxy) is 1. The summed E-state index contributed by atoms with van der Waals surface area (Å²) in [7, 11) is 0. The Morgan fingerprint density at radius 2 is 2.17 bits per heavy atom. The van der Waals surface area contributed by atoms with E-state index in [1.807, 2.05) is 20.8 Å². The van der Waals surface area contributed by atoms with Crippen LogP contribution in [0.15, 0.2) is 6.20 Å². The average Bonchev–Trinajstić information content (AvgIpc) is 2.85. The van der Waals surface area contributed by atoms with Gasteiger partial charge >= 0.3 is 0 Å². The van der Waals surface area contributed by atoms with E-state index in [0.717, 1.165) is 12.0 Å². The highest BCUT2D eigenvalue weighted by molar-refractivity contribution is 5.93. The lowest BCUT2D eigenvalue weighted by atomic mass is 9.89. The fourth-order valence-electron chi connectivity index (χ4n) is 2.61. The smallest absolute Gasteiger partial charge is 0.231 e. The van der Waals surface area contributed by atoms with Gasteiger partial charge in [-0.25, -0.2) is 0 Å². The summed E-state index contributed by atoms with van der Waals surface area (Å²) in [6.45, 7) is 8.07. The Labute approximate surface area is 107 Å². The fraction of sp³-hybridized carbons (Fsp3) is 0.692. The first-order valence-electron chi connectivity index (χ1n) is 6.53. The second-order valence-electron chi connectivity index (χ2n) is 5.04. The molecule has 4 atom stereocenters. The van der Waals surface area contributed by atoms with Crippen LogP contribution in [0.5, 0.6) is 0 Å². The monoisotopic (exact) mass is 251 g/mol. The van der Waals surface area contributed by atoms with Crippen molar-refractivity contribution >= 4 is 11.7 Å². The summed E-state index contributed by atoms with van der Waals surface area (Å²) in [4.78, 5) is 12.3. The van der Waals surface area contributed by atoms with E-state index in [0.29, 0.717) is 5.82 Å². The third-order valence-electron chi connectivity index (χ3n) is 3.89. The summed E-state index contributed by atoms with van der Waals surface area (Å²) < 4.78 is 5.70.